The summed E-state index contributed by atoms with van der Waals surface area (Å²) in [6, 6.07) is 6.88. The quantitative estimate of drug-likeness (QED) is 0.632. The highest BCUT2D eigenvalue weighted by Crippen LogP contribution is 2.20. The molecule has 1 aliphatic rings. The zero-order valence-corrected chi connectivity index (χ0v) is 12.8. The van der Waals surface area contributed by atoms with Crippen molar-refractivity contribution in [3.05, 3.63) is 35.4 Å². The van der Waals surface area contributed by atoms with E-state index in [0.29, 0.717) is 5.92 Å². The van der Waals surface area contributed by atoms with Crippen LogP contribution in [-0.4, -0.2) is 33.7 Å². The minimum atomic E-state index is -0.748. The standard InChI is InChI=1S/C16H20N2O3/c1-10(2)13-7-5-12(6-8-13)9-17-14(19)15(20)18(11(3)4)16(17)21/h5-8,10-11H,9H2,1-4H3. The highest BCUT2D eigenvalue weighted by molar-refractivity contribution is 6.44. The second kappa shape index (κ2) is 5.68. The smallest absolute Gasteiger partial charge is 0.263 e. The third-order valence-corrected chi connectivity index (χ3v) is 3.59. The topological polar surface area (TPSA) is 57.7 Å². The van der Waals surface area contributed by atoms with E-state index in [4.69, 9.17) is 0 Å². The molecule has 4 amide bonds. The van der Waals surface area contributed by atoms with Crippen LogP contribution in [0.15, 0.2) is 24.3 Å². The largest absolute Gasteiger partial charge is 0.334 e. The van der Waals surface area contributed by atoms with Gasteiger partial charge in [-0.25, -0.2) is 4.79 Å². The number of urea groups is 1. The third kappa shape index (κ3) is 2.82. The summed E-state index contributed by atoms with van der Waals surface area (Å²) in [6.45, 7) is 7.75. The molecule has 0 atom stereocenters. The molecule has 0 saturated carbocycles. The van der Waals surface area contributed by atoms with Crippen molar-refractivity contribution in [1.82, 2.24) is 9.80 Å². The summed E-state index contributed by atoms with van der Waals surface area (Å²) in [7, 11) is 0. The van der Waals surface area contributed by atoms with E-state index >= 15 is 0 Å². The van der Waals surface area contributed by atoms with Gasteiger partial charge in [0.15, 0.2) is 0 Å². The van der Waals surface area contributed by atoms with E-state index in [0.717, 1.165) is 15.4 Å². The Morgan fingerprint density at radius 1 is 0.905 bits per heavy atom. The molecule has 1 aromatic rings. The zero-order chi connectivity index (χ0) is 15.7. The highest BCUT2D eigenvalue weighted by Gasteiger charge is 2.45. The van der Waals surface area contributed by atoms with Gasteiger partial charge >= 0.3 is 17.8 Å². The average Bonchev–Trinajstić information content (AvgIpc) is 2.63. The van der Waals surface area contributed by atoms with Crippen LogP contribution < -0.4 is 0 Å². The van der Waals surface area contributed by atoms with Gasteiger partial charge in [0.1, 0.15) is 0 Å². The van der Waals surface area contributed by atoms with Gasteiger partial charge in [-0.2, -0.15) is 0 Å². The van der Waals surface area contributed by atoms with Crippen molar-refractivity contribution >= 4 is 17.8 Å². The molecule has 1 saturated heterocycles. The predicted octanol–water partition coefficient (Wildman–Crippen LogP) is 2.51. The Labute approximate surface area is 124 Å². The van der Waals surface area contributed by atoms with E-state index in [9.17, 15) is 14.4 Å². The highest BCUT2D eigenvalue weighted by atomic mass is 16.2. The summed E-state index contributed by atoms with van der Waals surface area (Å²) < 4.78 is 0. The summed E-state index contributed by atoms with van der Waals surface area (Å²) in [6.07, 6.45) is 0. The summed E-state index contributed by atoms with van der Waals surface area (Å²) in [4.78, 5) is 37.9. The molecule has 0 aromatic heterocycles. The second-order valence-electron chi connectivity index (χ2n) is 5.84. The molecule has 5 heteroatoms. The van der Waals surface area contributed by atoms with E-state index in [-0.39, 0.29) is 12.6 Å². The molecule has 112 valence electrons. The molecule has 0 N–H and O–H groups in total. The average molecular weight is 288 g/mol. The monoisotopic (exact) mass is 288 g/mol. The molecule has 0 spiro atoms. The first kappa shape index (κ1) is 15.2. The summed E-state index contributed by atoms with van der Waals surface area (Å²) in [5.41, 5.74) is 2.03. The Balaban J connectivity index is 2.18. The number of imide groups is 2. The van der Waals surface area contributed by atoms with Crippen molar-refractivity contribution in [2.24, 2.45) is 0 Å². The minimum absolute atomic E-state index is 0.130. The summed E-state index contributed by atoms with van der Waals surface area (Å²) >= 11 is 0. The second-order valence-corrected chi connectivity index (χ2v) is 5.84. The maximum Gasteiger partial charge on any atom is 0.334 e. The van der Waals surface area contributed by atoms with E-state index in [1.807, 2.05) is 24.3 Å². The van der Waals surface area contributed by atoms with Crippen LogP contribution >= 0.6 is 0 Å². The zero-order valence-electron chi connectivity index (χ0n) is 12.8. The number of hydrogen-bond donors (Lipinski definition) is 0. The van der Waals surface area contributed by atoms with Crippen LogP contribution in [0.25, 0.3) is 0 Å². The lowest BCUT2D eigenvalue weighted by atomic mass is 10.0. The van der Waals surface area contributed by atoms with Gasteiger partial charge in [0.05, 0.1) is 6.54 Å². The van der Waals surface area contributed by atoms with Crippen molar-refractivity contribution in [2.45, 2.75) is 46.2 Å². The van der Waals surface area contributed by atoms with Gasteiger partial charge in [0, 0.05) is 6.04 Å². The van der Waals surface area contributed by atoms with E-state index < -0.39 is 17.8 Å². The number of benzene rings is 1. The Kier molecular flexibility index (Phi) is 4.11. The molecular formula is C16H20N2O3. The maximum atomic E-state index is 12.2. The molecule has 21 heavy (non-hydrogen) atoms. The fourth-order valence-corrected chi connectivity index (χ4v) is 2.31. The molecule has 0 aliphatic carbocycles. The van der Waals surface area contributed by atoms with E-state index in [2.05, 4.69) is 13.8 Å². The first-order valence-corrected chi connectivity index (χ1v) is 7.10. The van der Waals surface area contributed by atoms with Crippen LogP contribution in [0.3, 0.4) is 0 Å². The van der Waals surface area contributed by atoms with Crippen LogP contribution in [0, 0.1) is 0 Å². The number of rotatable bonds is 4. The van der Waals surface area contributed by atoms with Crippen LogP contribution in [0.1, 0.15) is 44.7 Å². The van der Waals surface area contributed by atoms with Gasteiger partial charge in [-0.15, -0.1) is 0 Å². The van der Waals surface area contributed by atoms with Crippen LogP contribution in [0.5, 0.6) is 0 Å². The lowest BCUT2D eigenvalue weighted by Gasteiger charge is -2.18. The van der Waals surface area contributed by atoms with Gasteiger partial charge in [-0.3, -0.25) is 19.4 Å². The van der Waals surface area contributed by atoms with Gasteiger partial charge < -0.3 is 0 Å². The van der Waals surface area contributed by atoms with Crippen molar-refractivity contribution in [3.8, 4) is 0 Å². The Hall–Kier alpha value is -2.17. The van der Waals surface area contributed by atoms with Gasteiger partial charge in [0.25, 0.3) is 0 Å². The lowest BCUT2D eigenvalue weighted by molar-refractivity contribution is -0.144. The SMILES string of the molecule is CC(C)c1ccc(CN2C(=O)C(=O)N(C(C)C)C2=O)cc1. The van der Waals surface area contributed by atoms with E-state index in [1.165, 1.54) is 5.56 Å². The number of hydrogen-bond acceptors (Lipinski definition) is 3. The lowest BCUT2D eigenvalue weighted by Crippen LogP contribution is -2.37. The molecule has 1 aliphatic heterocycles. The summed E-state index contributed by atoms with van der Waals surface area (Å²) in [5, 5.41) is 0. The first-order valence-electron chi connectivity index (χ1n) is 7.10. The van der Waals surface area contributed by atoms with Gasteiger partial charge in [-0.05, 0) is 30.9 Å². The van der Waals surface area contributed by atoms with Gasteiger partial charge in [0.2, 0.25) is 0 Å². The van der Waals surface area contributed by atoms with Crippen molar-refractivity contribution < 1.29 is 14.4 Å². The molecule has 2 rings (SSSR count). The molecule has 0 radical (unpaired) electrons. The Morgan fingerprint density at radius 2 is 1.48 bits per heavy atom. The van der Waals surface area contributed by atoms with Crippen molar-refractivity contribution in [3.63, 3.8) is 0 Å². The molecule has 1 heterocycles. The van der Waals surface area contributed by atoms with Crippen molar-refractivity contribution in [2.75, 3.05) is 0 Å². The van der Waals surface area contributed by atoms with Crippen molar-refractivity contribution in [1.29, 1.82) is 0 Å². The van der Waals surface area contributed by atoms with Gasteiger partial charge in [-0.1, -0.05) is 38.1 Å². The maximum absolute atomic E-state index is 12.2. The Morgan fingerprint density at radius 3 is 1.90 bits per heavy atom. The molecule has 1 aromatic carbocycles. The predicted molar refractivity (Wildman–Crippen MR) is 78.5 cm³/mol. The Bertz CT molecular complexity index is 576. The molecule has 5 nitrogen and oxygen atoms in total. The van der Waals surface area contributed by atoms with Crippen LogP contribution in [-0.2, 0) is 16.1 Å². The first-order chi connectivity index (χ1) is 9.82. The number of carbonyl (C=O) groups is 3. The number of nitrogens with zero attached hydrogens (tertiary/aromatic N) is 2. The molecule has 0 bridgehead atoms. The van der Waals surface area contributed by atoms with E-state index in [1.54, 1.807) is 13.8 Å². The minimum Gasteiger partial charge on any atom is -0.263 e. The number of amides is 4. The molecule has 0 unspecified atom stereocenters. The van der Waals surface area contributed by atoms with Crippen LogP contribution in [0.4, 0.5) is 4.79 Å². The number of carbonyl (C=O) groups excluding carboxylic acids is 3. The summed E-state index contributed by atoms with van der Waals surface area (Å²) in [5.74, 6) is -1.07. The third-order valence-electron chi connectivity index (χ3n) is 3.59. The van der Waals surface area contributed by atoms with Crippen LogP contribution in [0.2, 0.25) is 0 Å². The fraction of sp³-hybridized carbons (Fsp3) is 0.438. The molecule has 1 fully saturated rings. The normalized spacial score (nSPS) is 15.8. The molecular weight excluding hydrogens is 268 g/mol. The fourth-order valence-electron chi connectivity index (χ4n) is 2.31.